The van der Waals surface area contributed by atoms with Crippen molar-refractivity contribution in [2.24, 2.45) is 5.10 Å². The number of hydrazone groups is 1. The van der Waals surface area contributed by atoms with Gasteiger partial charge in [-0.2, -0.15) is 5.10 Å². The van der Waals surface area contributed by atoms with Crippen molar-refractivity contribution < 1.29 is 4.79 Å². The molecule has 25 heavy (non-hydrogen) atoms. The highest BCUT2D eigenvalue weighted by Gasteiger charge is 2.18. The Balaban J connectivity index is 1.65. The summed E-state index contributed by atoms with van der Waals surface area (Å²) >= 11 is 0. The van der Waals surface area contributed by atoms with Crippen LogP contribution in [0.4, 0.5) is 5.69 Å². The number of hydrogen-bond acceptors (Lipinski definition) is 5. The van der Waals surface area contributed by atoms with Crippen molar-refractivity contribution in [2.75, 3.05) is 19.0 Å². The van der Waals surface area contributed by atoms with E-state index >= 15 is 0 Å². The maximum Gasteiger partial charge on any atom is 0.264 e. The van der Waals surface area contributed by atoms with Crippen LogP contribution in [0.2, 0.25) is 0 Å². The third-order valence-electron chi connectivity index (χ3n) is 3.92. The zero-order chi connectivity index (χ0) is 17.8. The van der Waals surface area contributed by atoms with E-state index in [4.69, 9.17) is 0 Å². The Bertz CT molecular complexity index is 897. The Morgan fingerprint density at radius 3 is 2.64 bits per heavy atom. The van der Waals surface area contributed by atoms with Crippen molar-refractivity contribution in [2.45, 2.75) is 13.0 Å². The fourth-order valence-electron chi connectivity index (χ4n) is 2.41. The minimum absolute atomic E-state index is 0.253. The molecule has 0 aliphatic carbocycles. The van der Waals surface area contributed by atoms with Crippen LogP contribution in [0, 0.1) is 0 Å². The summed E-state index contributed by atoms with van der Waals surface area (Å²) < 4.78 is 1.59. The first kappa shape index (κ1) is 16.6. The normalized spacial score (nSPS) is 12.4. The van der Waals surface area contributed by atoms with Gasteiger partial charge in [0.15, 0.2) is 0 Å². The molecule has 1 unspecified atom stereocenters. The SMILES string of the molecule is CC(C(=O)NN=Cc1ccc(N(C)C)cc1)n1nnc2ccccc21. The second-order valence-electron chi connectivity index (χ2n) is 5.92. The number of hydrogen-bond donors (Lipinski definition) is 1. The zero-order valence-electron chi connectivity index (χ0n) is 14.4. The average molecular weight is 336 g/mol. The number of amides is 1. The molecule has 0 fully saturated rings. The summed E-state index contributed by atoms with van der Waals surface area (Å²) in [6.07, 6.45) is 1.61. The van der Waals surface area contributed by atoms with Crippen molar-refractivity contribution in [3.63, 3.8) is 0 Å². The maximum atomic E-state index is 12.3. The number of carbonyl (C=O) groups is 1. The maximum absolute atomic E-state index is 12.3. The molecule has 0 aliphatic rings. The number of benzene rings is 2. The fraction of sp³-hybridized carbons (Fsp3) is 0.222. The van der Waals surface area contributed by atoms with Crippen molar-refractivity contribution in [1.82, 2.24) is 20.4 Å². The molecule has 7 heteroatoms. The van der Waals surface area contributed by atoms with Crippen LogP contribution in [0.25, 0.3) is 11.0 Å². The molecule has 0 aliphatic heterocycles. The van der Waals surface area contributed by atoms with Gasteiger partial charge in [0.2, 0.25) is 0 Å². The van der Waals surface area contributed by atoms with Gasteiger partial charge in [-0.15, -0.1) is 5.10 Å². The van der Waals surface area contributed by atoms with Crippen molar-refractivity contribution >= 4 is 28.8 Å². The zero-order valence-corrected chi connectivity index (χ0v) is 14.4. The molecule has 1 aromatic heterocycles. The van der Waals surface area contributed by atoms with E-state index in [1.807, 2.05) is 67.5 Å². The first-order valence-electron chi connectivity index (χ1n) is 7.96. The lowest BCUT2D eigenvalue weighted by molar-refractivity contribution is -0.124. The molecule has 0 saturated carbocycles. The summed E-state index contributed by atoms with van der Waals surface area (Å²) in [4.78, 5) is 14.3. The van der Waals surface area contributed by atoms with Crippen LogP contribution < -0.4 is 10.3 Å². The molecule has 0 saturated heterocycles. The third-order valence-corrected chi connectivity index (χ3v) is 3.92. The first-order valence-corrected chi connectivity index (χ1v) is 7.96. The predicted molar refractivity (Wildman–Crippen MR) is 98.7 cm³/mol. The molecule has 1 N–H and O–H groups in total. The van der Waals surface area contributed by atoms with Gasteiger partial charge in [0.1, 0.15) is 11.6 Å². The molecule has 1 amide bonds. The molecule has 0 spiro atoms. The molecule has 0 radical (unpaired) electrons. The second-order valence-corrected chi connectivity index (χ2v) is 5.92. The van der Waals surface area contributed by atoms with Gasteiger partial charge in [-0.05, 0) is 36.8 Å². The molecular weight excluding hydrogens is 316 g/mol. The van der Waals surface area contributed by atoms with E-state index in [1.165, 1.54) is 0 Å². The Morgan fingerprint density at radius 1 is 1.20 bits per heavy atom. The van der Waals surface area contributed by atoms with Gasteiger partial charge in [-0.25, -0.2) is 10.1 Å². The van der Waals surface area contributed by atoms with Gasteiger partial charge < -0.3 is 4.90 Å². The van der Waals surface area contributed by atoms with E-state index in [1.54, 1.807) is 17.8 Å². The van der Waals surface area contributed by atoms with Gasteiger partial charge in [-0.1, -0.05) is 29.5 Å². The molecular formula is C18H20N6O. The number of para-hydroxylation sites is 1. The van der Waals surface area contributed by atoms with Gasteiger partial charge in [0.25, 0.3) is 5.91 Å². The first-order chi connectivity index (χ1) is 12.1. The summed E-state index contributed by atoms with van der Waals surface area (Å²) in [7, 11) is 3.97. The van der Waals surface area contributed by atoms with E-state index < -0.39 is 6.04 Å². The third kappa shape index (κ3) is 3.65. The van der Waals surface area contributed by atoms with E-state index in [2.05, 4.69) is 20.8 Å². The molecule has 3 rings (SSSR count). The van der Waals surface area contributed by atoms with E-state index in [-0.39, 0.29) is 5.91 Å². The van der Waals surface area contributed by atoms with Crippen LogP contribution >= 0.6 is 0 Å². The number of fused-ring (bicyclic) bond motifs is 1. The van der Waals surface area contributed by atoms with Crippen LogP contribution in [0.15, 0.2) is 53.6 Å². The van der Waals surface area contributed by atoms with E-state index in [9.17, 15) is 4.79 Å². The highest BCUT2D eigenvalue weighted by atomic mass is 16.2. The van der Waals surface area contributed by atoms with Gasteiger partial charge >= 0.3 is 0 Å². The molecule has 1 heterocycles. The van der Waals surface area contributed by atoms with Crippen molar-refractivity contribution in [3.8, 4) is 0 Å². The monoisotopic (exact) mass is 336 g/mol. The molecule has 3 aromatic rings. The average Bonchev–Trinajstić information content (AvgIpc) is 3.05. The number of rotatable bonds is 5. The smallest absolute Gasteiger partial charge is 0.264 e. The van der Waals surface area contributed by atoms with E-state index in [0.29, 0.717) is 0 Å². The lowest BCUT2D eigenvalue weighted by atomic mass is 10.2. The predicted octanol–water partition coefficient (Wildman–Crippen LogP) is 2.21. The Labute approximate surface area is 145 Å². The summed E-state index contributed by atoms with van der Waals surface area (Å²) in [5.41, 5.74) is 6.13. The number of anilines is 1. The molecule has 2 aromatic carbocycles. The minimum atomic E-state index is -0.513. The number of nitrogens with zero attached hydrogens (tertiary/aromatic N) is 5. The lowest BCUT2D eigenvalue weighted by Crippen LogP contribution is -2.28. The van der Waals surface area contributed by atoms with Crippen molar-refractivity contribution in [3.05, 3.63) is 54.1 Å². The lowest BCUT2D eigenvalue weighted by Gasteiger charge is -2.12. The number of aromatic nitrogens is 3. The topological polar surface area (TPSA) is 75.4 Å². The van der Waals surface area contributed by atoms with Crippen molar-refractivity contribution in [1.29, 1.82) is 0 Å². The second kappa shape index (κ2) is 7.12. The highest BCUT2D eigenvalue weighted by Crippen LogP contribution is 2.15. The van der Waals surface area contributed by atoms with Gasteiger partial charge in [0.05, 0.1) is 11.7 Å². The molecule has 7 nitrogen and oxygen atoms in total. The molecule has 0 bridgehead atoms. The van der Waals surface area contributed by atoms with Crippen LogP contribution in [-0.4, -0.2) is 41.2 Å². The van der Waals surface area contributed by atoms with E-state index in [0.717, 1.165) is 22.3 Å². The van der Waals surface area contributed by atoms with Gasteiger partial charge in [0, 0.05) is 19.8 Å². The summed E-state index contributed by atoms with van der Waals surface area (Å²) in [5, 5.41) is 12.1. The Morgan fingerprint density at radius 2 is 1.92 bits per heavy atom. The Kier molecular flexibility index (Phi) is 4.74. The van der Waals surface area contributed by atoms with Crippen LogP contribution in [0.1, 0.15) is 18.5 Å². The number of nitrogens with one attached hydrogen (secondary N) is 1. The minimum Gasteiger partial charge on any atom is -0.378 e. The standard InChI is InChI=1S/C18H20N6O/c1-13(24-17-7-5-4-6-16(17)20-22-24)18(25)21-19-12-14-8-10-15(11-9-14)23(2)3/h4-13H,1-3H3,(H,21,25). The van der Waals surface area contributed by atoms with Crippen LogP contribution in [-0.2, 0) is 4.79 Å². The summed E-state index contributed by atoms with van der Waals surface area (Å²) in [6.45, 7) is 1.76. The summed E-state index contributed by atoms with van der Waals surface area (Å²) in [6, 6.07) is 14.9. The molecule has 1 atom stereocenters. The molecule has 128 valence electrons. The Hall–Kier alpha value is -3.22. The fourth-order valence-corrected chi connectivity index (χ4v) is 2.41. The van der Waals surface area contributed by atoms with Crippen LogP contribution in [0.3, 0.4) is 0 Å². The highest BCUT2D eigenvalue weighted by molar-refractivity contribution is 5.85. The van der Waals surface area contributed by atoms with Gasteiger partial charge in [-0.3, -0.25) is 4.79 Å². The quantitative estimate of drug-likeness (QED) is 0.572. The van der Waals surface area contributed by atoms with Crippen LogP contribution in [0.5, 0.6) is 0 Å². The summed E-state index contributed by atoms with van der Waals surface area (Å²) in [5.74, 6) is -0.253. The number of carbonyl (C=O) groups excluding carboxylic acids is 1. The largest absolute Gasteiger partial charge is 0.378 e.